The summed E-state index contributed by atoms with van der Waals surface area (Å²) in [5.41, 5.74) is 1.92. The molecule has 5 heteroatoms. The molecule has 1 heterocycles. The number of nitrogens with zero attached hydrogens (tertiary/aromatic N) is 2. The average Bonchev–Trinajstić information content (AvgIpc) is 2.45. The first-order valence-corrected chi connectivity index (χ1v) is 6.63. The largest absolute Gasteiger partial charge is 0.277 e. The quantitative estimate of drug-likeness (QED) is 0.455. The average molecular weight is 285 g/mol. The van der Waals surface area contributed by atoms with E-state index < -0.39 is 3.79 Å². The number of aryl methyl sites for hydroxylation is 1. The highest BCUT2D eigenvalue weighted by Crippen LogP contribution is 2.36. The van der Waals surface area contributed by atoms with Gasteiger partial charge in [-0.25, -0.2) is 0 Å². The molecule has 0 saturated carbocycles. The van der Waals surface area contributed by atoms with Gasteiger partial charge in [0.1, 0.15) is 0 Å². The molecule has 1 rings (SSSR count). The van der Waals surface area contributed by atoms with E-state index in [0.717, 1.165) is 6.42 Å². The Kier molecular flexibility index (Phi) is 4.96. The molecule has 0 aliphatic heterocycles. The van der Waals surface area contributed by atoms with E-state index in [2.05, 4.69) is 6.92 Å². The maximum atomic E-state index is 5.91. The van der Waals surface area contributed by atoms with Gasteiger partial charge < -0.3 is 0 Å². The van der Waals surface area contributed by atoms with Crippen molar-refractivity contribution in [1.82, 2.24) is 4.68 Å². The summed E-state index contributed by atoms with van der Waals surface area (Å²) in [4.78, 5) is 0. The lowest BCUT2D eigenvalue weighted by Gasteiger charge is -2.03. The molecule has 1 aromatic rings. The van der Waals surface area contributed by atoms with Crippen LogP contribution in [0, 0.1) is 0 Å². The molecule has 0 aromatic carbocycles. The summed E-state index contributed by atoms with van der Waals surface area (Å²) >= 11 is 17.7. The van der Waals surface area contributed by atoms with Crippen molar-refractivity contribution in [2.45, 2.75) is 36.4 Å². The molecule has 0 aliphatic rings. The fraction of sp³-hybridized carbons (Fsp3) is 0.727. The van der Waals surface area contributed by atoms with E-state index >= 15 is 0 Å². The second kappa shape index (κ2) is 5.61. The van der Waals surface area contributed by atoms with Gasteiger partial charge in [-0.05, 0) is 12.8 Å². The van der Waals surface area contributed by atoms with Crippen molar-refractivity contribution in [3.8, 4) is 0 Å². The third kappa shape index (κ3) is 3.28. The lowest BCUT2D eigenvalue weighted by atomic mass is 10.1. The van der Waals surface area contributed by atoms with Crippen LogP contribution in [0.25, 0.3) is 0 Å². The van der Waals surface area contributed by atoms with Crippen LogP contribution in [0.15, 0.2) is 6.07 Å². The molecule has 0 saturated heterocycles. The molecule has 0 N–H and O–H groups in total. The summed E-state index contributed by atoms with van der Waals surface area (Å²) in [6, 6.07) is 1.97. The van der Waals surface area contributed by atoms with Crippen LogP contribution in [0.2, 0.25) is 0 Å². The standard InChI is InChI=1S/C11H18Cl3N2/c1-4-5-6-7-9-8-10(11(12,13)14)16(3)15(9)2/h8H,4-7H2,1-3H3/q+1. The van der Waals surface area contributed by atoms with Crippen LogP contribution in [0.5, 0.6) is 0 Å². The van der Waals surface area contributed by atoms with Crippen LogP contribution in [-0.2, 0) is 24.3 Å². The van der Waals surface area contributed by atoms with Gasteiger partial charge in [0.15, 0.2) is 7.05 Å². The molecule has 92 valence electrons. The monoisotopic (exact) mass is 283 g/mol. The number of unbranched alkanes of at least 4 members (excludes halogenated alkanes) is 2. The van der Waals surface area contributed by atoms with Gasteiger partial charge in [0.05, 0.1) is 12.7 Å². The van der Waals surface area contributed by atoms with Gasteiger partial charge in [-0.15, -0.1) is 4.68 Å². The SMILES string of the molecule is CCCCCc1cc(C(Cl)(Cl)Cl)[n+](C)n1C. The number of aromatic nitrogens is 2. The number of hydrogen-bond donors (Lipinski definition) is 0. The van der Waals surface area contributed by atoms with Crippen molar-refractivity contribution in [1.29, 1.82) is 0 Å². The Morgan fingerprint density at radius 2 is 1.94 bits per heavy atom. The van der Waals surface area contributed by atoms with Gasteiger partial charge in [-0.1, -0.05) is 54.6 Å². The van der Waals surface area contributed by atoms with Crippen molar-refractivity contribution in [2.75, 3.05) is 0 Å². The summed E-state index contributed by atoms with van der Waals surface area (Å²) in [6.45, 7) is 2.19. The Morgan fingerprint density at radius 3 is 2.38 bits per heavy atom. The Bertz CT molecular complexity index is 353. The molecule has 0 fully saturated rings. The molecular weight excluding hydrogens is 266 g/mol. The molecule has 2 nitrogen and oxygen atoms in total. The zero-order valence-electron chi connectivity index (χ0n) is 9.93. The predicted octanol–water partition coefficient (Wildman–Crippen LogP) is 3.41. The summed E-state index contributed by atoms with van der Waals surface area (Å²) in [5.74, 6) is 0. The number of rotatable bonds is 4. The molecule has 0 spiro atoms. The van der Waals surface area contributed by atoms with E-state index in [1.54, 1.807) is 0 Å². The number of halogens is 3. The van der Waals surface area contributed by atoms with Crippen molar-refractivity contribution in [2.24, 2.45) is 14.1 Å². The normalized spacial score (nSPS) is 12.1. The Morgan fingerprint density at radius 1 is 1.31 bits per heavy atom. The Hall–Kier alpha value is 0.0800. The van der Waals surface area contributed by atoms with Gasteiger partial charge in [0, 0.05) is 6.07 Å². The van der Waals surface area contributed by atoms with Crippen molar-refractivity contribution < 1.29 is 4.68 Å². The van der Waals surface area contributed by atoms with Gasteiger partial charge in [0.2, 0.25) is 0 Å². The van der Waals surface area contributed by atoms with Gasteiger partial charge in [0.25, 0.3) is 9.49 Å². The van der Waals surface area contributed by atoms with Crippen LogP contribution < -0.4 is 4.68 Å². The zero-order valence-corrected chi connectivity index (χ0v) is 12.2. The van der Waals surface area contributed by atoms with Crippen LogP contribution in [-0.4, -0.2) is 4.68 Å². The lowest BCUT2D eigenvalue weighted by Crippen LogP contribution is -2.43. The lowest BCUT2D eigenvalue weighted by molar-refractivity contribution is -0.758. The van der Waals surface area contributed by atoms with Crippen molar-refractivity contribution >= 4 is 34.8 Å². The predicted molar refractivity (Wildman–Crippen MR) is 69.1 cm³/mol. The first-order valence-electron chi connectivity index (χ1n) is 5.50. The maximum Gasteiger partial charge on any atom is 0.277 e. The van der Waals surface area contributed by atoms with E-state index in [9.17, 15) is 0 Å². The first-order chi connectivity index (χ1) is 7.38. The Labute approximate surface area is 112 Å². The second-order valence-electron chi connectivity index (χ2n) is 4.02. The van der Waals surface area contributed by atoms with Crippen LogP contribution >= 0.6 is 34.8 Å². The van der Waals surface area contributed by atoms with Crippen LogP contribution in [0.4, 0.5) is 0 Å². The molecule has 16 heavy (non-hydrogen) atoms. The smallest absolute Gasteiger partial charge is 0.161 e. The molecule has 0 amide bonds. The highest BCUT2D eigenvalue weighted by Gasteiger charge is 2.35. The molecule has 0 radical (unpaired) electrons. The minimum atomic E-state index is -1.35. The van der Waals surface area contributed by atoms with Crippen LogP contribution in [0.3, 0.4) is 0 Å². The zero-order chi connectivity index (χ0) is 12.3. The molecule has 1 aromatic heterocycles. The fourth-order valence-electron chi connectivity index (χ4n) is 1.75. The van der Waals surface area contributed by atoms with Crippen LogP contribution in [0.1, 0.15) is 37.6 Å². The molecule has 0 bridgehead atoms. The minimum absolute atomic E-state index is 0.714. The number of alkyl halides is 3. The molecular formula is C11H18Cl3N2+. The van der Waals surface area contributed by atoms with Gasteiger partial charge in [-0.2, -0.15) is 4.68 Å². The van der Waals surface area contributed by atoms with Gasteiger partial charge >= 0.3 is 0 Å². The van der Waals surface area contributed by atoms with Crippen molar-refractivity contribution in [3.63, 3.8) is 0 Å². The van der Waals surface area contributed by atoms with Gasteiger partial charge in [-0.3, -0.25) is 0 Å². The first kappa shape index (κ1) is 14.1. The summed E-state index contributed by atoms with van der Waals surface area (Å²) in [6.07, 6.45) is 4.65. The van der Waals surface area contributed by atoms with E-state index in [1.807, 2.05) is 29.5 Å². The third-order valence-electron chi connectivity index (χ3n) is 2.84. The third-order valence-corrected chi connectivity index (χ3v) is 3.43. The topological polar surface area (TPSA) is 8.81 Å². The van der Waals surface area contributed by atoms with E-state index in [0.29, 0.717) is 5.69 Å². The van der Waals surface area contributed by atoms with E-state index in [4.69, 9.17) is 34.8 Å². The Balaban J connectivity index is 2.88. The number of hydrogen-bond acceptors (Lipinski definition) is 0. The minimum Gasteiger partial charge on any atom is -0.161 e. The summed E-state index contributed by atoms with van der Waals surface area (Å²) in [7, 11) is 3.89. The summed E-state index contributed by atoms with van der Waals surface area (Å²) < 4.78 is 2.57. The molecule has 0 atom stereocenters. The van der Waals surface area contributed by atoms with Crippen molar-refractivity contribution in [3.05, 3.63) is 17.5 Å². The van der Waals surface area contributed by atoms with E-state index in [-0.39, 0.29) is 0 Å². The molecule has 0 unspecified atom stereocenters. The highest BCUT2D eigenvalue weighted by molar-refractivity contribution is 6.66. The maximum absolute atomic E-state index is 5.91. The second-order valence-corrected chi connectivity index (χ2v) is 6.30. The highest BCUT2D eigenvalue weighted by atomic mass is 35.6. The van der Waals surface area contributed by atoms with E-state index in [1.165, 1.54) is 25.0 Å². The fourth-order valence-corrected chi connectivity index (χ4v) is 2.28. The molecule has 0 aliphatic carbocycles. The summed E-state index contributed by atoms with van der Waals surface area (Å²) in [5, 5.41) is 0.